The number of nitrogens with two attached hydrogens (primary N) is 1. The summed E-state index contributed by atoms with van der Waals surface area (Å²) in [6, 6.07) is 1.91. The monoisotopic (exact) mass is 236 g/mol. The summed E-state index contributed by atoms with van der Waals surface area (Å²) in [7, 11) is 2.10. The smallest absolute Gasteiger partial charge is 0.220 e. The van der Waals surface area contributed by atoms with Gasteiger partial charge in [0.25, 0.3) is 0 Å². The molecule has 0 amide bonds. The van der Waals surface area contributed by atoms with Gasteiger partial charge in [0.1, 0.15) is 0 Å². The van der Waals surface area contributed by atoms with E-state index in [1.807, 2.05) is 6.07 Å². The van der Waals surface area contributed by atoms with Gasteiger partial charge in [0.2, 0.25) is 5.95 Å². The highest BCUT2D eigenvalue weighted by Gasteiger charge is 2.16. The molecule has 5 heteroatoms. The average Bonchev–Trinajstić information content (AvgIpc) is 2.30. The lowest BCUT2D eigenvalue weighted by atomic mass is 10.0. The van der Waals surface area contributed by atoms with Crippen LogP contribution in [0.15, 0.2) is 12.3 Å². The van der Waals surface area contributed by atoms with Gasteiger partial charge in [0, 0.05) is 25.9 Å². The molecule has 0 bridgehead atoms. The SMILES string of the molecule is CN(Cc1ccnc(N)n1)CC1CCCOC1. The van der Waals surface area contributed by atoms with E-state index in [0.29, 0.717) is 11.9 Å². The van der Waals surface area contributed by atoms with Crippen LogP contribution in [-0.2, 0) is 11.3 Å². The molecule has 1 saturated heterocycles. The maximum atomic E-state index is 5.56. The average molecular weight is 236 g/mol. The fraction of sp³-hybridized carbons (Fsp3) is 0.667. The zero-order valence-corrected chi connectivity index (χ0v) is 10.3. The predicted octanol–water partition coefficient (Wildman–Crippen LogP) is 0.917. The number of aromatic nitrogens is 2. The van der Waals surface area contributed by atoms with Gasteiger partial charge in [-0.25, -0.2) is 9.97 Å². The summed E-state index contributed by atoms with van der Waals surface area (Å²) < 4.78 is 5.48. The maximum absolute atomic E-state index is 5.56. The van der Waals surface area contributed by atoms with Crippen molar-refractivity contribution in [3.8, 4) is 0 Å². The summed E-state index contributed by atoms with van der Waals surface area (Å²) >= 11 is 0. The largest absolute Gasteiger partial charge is 0.381 e. The van der Waals surface area contributed by atoms with Crippen molar-refractivity contribution >= 4 is 5.95 Å². The van der Waals surface area contributed by atoms with Gasteiger partial charge < -0.3 is 15.4 Å². The molecular formula is C12H20N4O. The zero-order chi connectivity index (χ0) is 12.1. The highest BCUT2D eigenvalue weighted by atomic mass is 16.5. The molecule has 1 aromatic heterocycles. The molecule has 0 radical (unpaired) electrons. The lowest BCUT2D eigenvalue weighted by Gasteiger charge is -2.26. The molecule has 1 unspecified atom stereocenters. The van der Waals surface area contributed by atoms with Gasteiger partial charge in [-0.1, -0.05) is 0 Å². The van der Waals surface area contributed by atoms with Crippen LogP contribution >= 0.6 is 0 Å². The molecule has 0 saturated carbocycles. The van der Waals surface area contributed by atoms with Crippen LogP contribution in [0, 0.1) is 5.92 Å². The van der Waals surface area contributed by atoms with Crippen LogP contribution in [0.4, 0.5) is 5.95 Å². The Hall–Kier alpha value is -1.20. The van der Waals surface area contributed by atoms with Crippen molar-refractivity contribution in [3.63, 3.8) is 0 Å². The molecule has 2 N–H and O–H groups in total. The number of rotatable bonds is 4. The molecule has 1 aliphatic heterocycles. The first-order valence-electron chi connectivity index (χ1n) is 6.08. The highest BCUT2D eigenvalue weighted by molar-refractivity contribution is 5.16. The number of ether oxygens (including phenoxy) is 1. The Bertz CT molecular complexity index is 352. The topological polar surface area (TPSA) is 64.3 Å². The number of hydrogen-bond donors (Lipinski definition) is 1. The Balaban J connectivity index is 1.82. The minimum atomic E-state index is 0.344. The first-order chi connectivity index (χ1) is 8.24. The van der Waals surface area contributed by atoms with Crippen LogP contribution in [0.2, 0.25) is 0 Å². The van der Waals surface area contributed by atoms with Crippen LogP contribution in [0.1, 0.15) is 18.5 Å². The molecule has 2 heterocycles. The van der Waals surface area contributed by atoms with Crippen LogP contribution in [-0.4, -0.2) is 41.7 Å². The number of anilines is 1. The van der Waals surface area contributed by atoms with E-state index in [1.54, 1.807) is 6.20 Å². The second-order valence-electron chi connectivity index (χ2n) is 4.69. The number of nitrogens with zero attached hydrogens (tertiary/aromatic N) is 3. The molecule has 5 nitrogen and oxygen atoms in total. The van der Waals surface area contributed by atoms with E-state index in [1.165, 1.54) is 12.8 Å². The van der Waals surface area contributed by atoms with Crippen LogP contribution in [0.3, 0.4) is 0 Å². The Morgan fingerprint density at radius 1 is 1.59 bits per heavy atom. The van der Waals surface area contributed by atoms with Crippen molar-refractivity contribution in [2.24, 2.45) is 5.92 Å². The van der Waals surface area contributed by atoms with Crippen LogP contribution < -0.4 is 5.73 Å². The van der Waals surface area contributed by atoms with E-state index in [-0.39, 0.29) is 0 Å². The summed E-state index contributed by atoms with van der Waals surface area (Å²) in [6.45, 7) is 3.66. The predicted molar refractivity (Wildman–Crippen MR) is 66.3 cm³/mol. The summed E-state index contributed by atoms with van der Waals surface area (Å²) in [5.41, 5.74) is 6.53. The van der Waals surface area contributed by atoms with Gasteiger partial charge in [0.05, 0.1) is 12.3 Å². The third kappa shape index (κ3) is 3.94. The van der Waals surface area contributed by atoms with Crippen molar-refractivity contribution in [1.29, 1.82) is 0 Å². The minimum absolute atomic E-state index is 0.344. The standard InChI is InChI=1S/C12H20N4O/c1-16(7-10-3-2-6-17-9-10)8-11-4-5-14-12(13)15-11/h4-5,10H,2-3,6-9H2,1H3,(H2,13,14,15). The van der Waals surface area contributed by atoms with Gasteiger partial charge in [-0.05, 0) is 31.9 Å². The van der Waals surface area contributed by atoms with Gasteiger partial charge in [-0.3, -0.25) is 0 Å². The molecule has 1 atom stereocenters. The number of hydrogen-bond acceptors (Lipinski definition) is 5. The first kappa shape index (κ1) is 12.3. The van der Waals surface area contributed by atoms with Crippen molar-refractivity contribution in [3.05, 3.63) is 18.0 Å². The van der Waals surface area contributed by atoms with Gasteiger partial charge in [-0.15, -0.1) is 0 Å². The zero-order valence-electron chi connectivity index (χ0n) is 10.3. The lowest BCUT2D eigenvalue weighted by Crippen LogP contribution is -2.30. The van der Waals surface area contributed by atoms with Gasteiger partial charge in [-0.2, -0.15) is 0 Å². The van der Waals surface area contributed by atoms with Crippen molar-refractivity contribution in [2.75, 3.05) is 32.5 Å². The molecule has 0 spiro atoms. The molecular weight excluding hydrogens is 216 g/mol. The van der Waals surface area contributed by atoms with E-state index in [9.17, 15) is 0 Å². The highest BCUT2D eigenvalue weighted by Crippen LogP contribution is 2.15. The molecule has 0 aliphatic carbocycles. The van der Waals surface area contributed by atoms with E-state index in [0.717, 1.165) is 32.0 Å². The molecule has 1 aromatic rings. The van der Waals surface area contributed by atoms with E-state index in [2.05, 4.69) is 21.9 Å². The molecule has 1 aliphatic rings. The second kappa shape index (κ2) is 5.93. The molecule has 2 rings (SSSR count). The van der Waals surface area contributed by atoms with Crippen LogP contribution in [0.25, 0.3) is 0 Å². The molecule has 1 fully saturated rings. The van der Waals surface area contributed by atoms with E-state index >= 15 is 0 Å². The quantitative estimate of drug-likeness (QED) is 0.842. The molecule has 17 heavy (non-hydrogen) atoms. The van der Waals surface area contributed by atoms with Crippen LogP contribution in [0.5, 0.6) is 0 Å². The van der Waals surface area contributed by atoms with E-state index < -0.39 is 0 Å². The van der Waals surface area contributed by atoms with Crippen molar-refractivity contribution in [2.45, 2.75) is 19.4 Å². The third-order valence-electron chi connectivity index (χ3n) is 2.99. The second-order valence-corrected chi connectivity index (χ2v) is 4.69. The Morgan fingerprint density at radius 3 is 3.18 bits per heavy atom. The van der Waals surface area contributed by atoms with Gasteiger partial charge in [0.15, 0.2) is 0 Å². The maximum Gasteiger partial charge on any atom is 0.220 e. The fourth-order valence-corrected chi connectivity index (χ4v) is 2.23. The Morgan fingerprint density at radius 2 is 2.47 bits per heavy atom. The lowest BCUT2D eigenvalue weighted by molar-refractivity contribution is 0.0410. The fourth-order valence-electron chi connectivity index (χ4n) is 2.23. The molecule has 94 valence electrons. The van der Waals surface area contributed by atoms with Crippen molar-refractivity contribution in [1.82, 2.24) is 14.9 Å². The summed E-state index contributed by atoms with van der Waals surface area (Å²) in [4.78, 5) is 10.4. The summed E-state index contributed by atoms with van der Waals surface area (Å²) in [5, 5.41) is 0. The Kier molecular flexibility index (Phi) is 4.28. The Labute approximate surface area is 102 Å². The molecule has 0 aromatic carbocycles. The van der Waals surface area contributed by atoms with E-state index in [4.69, 9.17) is 10.5 Å². The van der Waals surface area contributed by atoms with Crippen molar-refractivity contribution < 1.29 is 4.74 Å². The van der Waals surface area contributed by atoms with Gasteiger partial charge >= 0.3 is 0 Å². The summed E-state index contributed by atoms with van der Waals surface area (Å²) in [6.07, 6.45) is 4.14. The first-order valence-corrected chi connectivity index (χ1v) is 6.08. The number of nitrogen functional groups attached to an aromatic ring is 1. The minimum Gasteiger partial charge on any atom is -0.381 e. The third-order valence-corrected chi connectivity index (χ3v) is 2.99. The normalized spacial score (nSPS) is 20.7. The summed E-state index contributed by atoms with van der Waals surface area (Å²) in [5.74, 6) is 0.991.